The number of methoxy groups -OCH3 is 2. The van der Waals surface area contributed by atoms with E-state index in [4.69, 9.17) is 47.9 Å². The summed E-state index contributed by atoms with van der Waals surface area (Å²) in [6.45, 7) is 10.5. The van der Waals surface area contributed by atoms with Gasteiger partial charge in [-0.2, -0.15) is 4.99 Å². The molecule has 4 aromatic carbocycles. The number of thiocarbonyl (C=S) groups is 1. The molecule has 2 unspecified atom stereocenters. The first-order chi connectivity index (χ1) is 37.6. The molecule has 0 radical (unpaired) electrons. The van der Waals surface area contributed by atoms with Gasteiger partial charge in [-0.25, -0.2) is 19.8 Å². The van der Waals surface area contributed by atoms with E-state index in [1.807, 2.05) is 38.1 Å². The Morgan fingerprint density at radius 1 is 0.692 bits per heavy atom. The summed E-state index contributed by atoms with van der Waals surface area (Å²) in [5.74, 6) is 0.129. The zero-order valence-corrected chi connectivity index (χ0v) is 46.2. The molecule has 404 valence electrons. The summed E-state index contributed by atoms with van der Waals surface area (Å²) in [6, 6.07) is 32.5. The van der Waals surface area contributed by atoms with Crippen molar-refractivity contribution < 1.29 is 33.3 Å². The number of nitrogens with zero attached hydrogens (tertiary/aromatic N) is 9. The summed E-state index contributed by atoms with van der Waals surface area (Å²) in [4.78, 5) is 68.3. The van der Waals surface area contributed by atoms with E-state index >= 15 is 0 Å². The molecule has 2 fully saturated rings. The van der Waals surface area contributed by atoms with Crippen LogP contribution in [-0.2, 0) is 19.1 Å². The van der Waals surface area contributed by atoms with Crippen molar-refractivity contribution in [3.05, 3.63) is 153 Å². The number of fused-ring (bicyclic) bond motifs is 2. The van der Waals surface area contributed by atoms with Gasteiger partial charge in [-0.15, -0.1) is 0 Å². The lowest BCUT2D eigenvalue weighted by Gasteiger charge is -2.29. The quantitative estimate of drug-likeness (QED) is 0.0920. The van der Waals surface area contributed by atoms with Gasteiger partial charge in [-0.05, 0) is 122 Å². The predicted octanol–water partition coefficient (Wildman–Crippen LogP) is 8.26. The number of aryl methyl sites for hydroxylation is 2. The molecule has 4 aliphatic heterocycles. The number of nitrogens with one attached hydrogen (secondary N) is 2. The van der Waals surface area contributed by atoms with Gasteiger partial charge in [-0.3, -0.25) is 14.6 Å². The van der Waals surface area contributed by atoms with Gasteiger partial charge >= 0.3 is 6.03 Å². The van der Waals surface area contributed by atoms with Crippen LogP contribution in [0.3, 0.4) is 0 Å². The number of ether oxygens (including phenoxy) is 4. The highest BCUT2D eigenvalue weighted by Crippen LogP contribution is 2.32. The third-order valence-electron chi connectivity index (χ3n) is 13.0. The number of carbonyl (C=O) groups is 3. The molecule has 4 N–H and O–H groups in total. The number of hydrogen-bond acceptors (Lipinski definition) is 16. The second-order valence-electron chi connectivity index (χ2n) is 18.0. The largest absolute Gasteiger partial charge is 0.481 e. The van der Waals surface area contributed by atoms with Crippen LogP contribution in [0.25, 0.3) is 0 Å². The molecular weight excluding hydrogens is 1060 g/mol. The molecule has 4 amide bonds. The van der Waals surface area contributed by atoms with Crippen LogP contribution in [0.15, 0.2) is 124 Å². The zero-order valence-electron chi connectivity index (χ0n) is 43.8. The van der Waals surface area contributed by atoms with Crippen LogP contribution in [0.4, 0.5) is 38.9 Å². The maximum Gasteiger partial charge on any atom is 0.321 e. The molecule has 6 heterocycles. The standard InChI is InChI=1S/C28H29ClN6O4.C16H15ClN4O2.C12H14N2OS/c1-17-15-19(35-11-13-39-14-12-35)8-9-21(17)31-28(37)33-26-27(36)34(2)23-10-7-18(29)16-20(23)25(32-26)22-5-4-6-24(30-22)38-3;1-21-12-7-6-9(17)8-10(12)14(20-15(18)16(21)22)11-4-3-5-13(19-11)23-2;1-10-8-11(2-3-12(10)13-9-16)14-4-6-15-7-5-14/h4-10,15-16,26H,11-14H2,1-3H3,(H2,31,33,37);3-8,15H,18H2,1-2H3;2-3,8H,4-7H2,1H3. The van der Waals surface area contributed by atoms with E-state index in [-0.39, 0.29) is 5.91 Å². The first-order valence-electron chi connectivity index (χ1n) is 24.8. The number of halogens is 2. The van der Waals surface area contributed by atoms with E-state index in [2.05, 4.69) is 74.9 Å². The normalized spacial score (nSPS) is 16.9. The van der Waals surface area contributed by atoms with Crippen LogP contribution >= 0.6 is 35.4 Å². The minimum absolute atomic E-state index is 0.300. The van der Waals surface area contributed by atoms with Crippen LogP contribution in [-0.4, -0.2) is 138 Å². The number of nitrogens with two attached hydrogens (primary N) is 1. The number of likely N-dealkylation sites (N-methyl/N-ethyl adjacent to an activating group) is 2. The second kappa shape index (κ2) is 26.0. The molecule has 2 saturated heterocycles. The molecule has 19 nitrogen and oxygen atoms in total. The van der Waals surface area contributed by atoms with Crippen molar-refractivity contribution in [2.24, 2.45) is 20.7 Å². The molecule has 2 atom stereocenters. The first kappa shape index (κ1) is 56.4. The van der Waals surface area contributed by atoms with Gasteiger partial charge in [0.25, 0.3) is 11.8 Å². The van der Waals surface area contributed by atoms with Crippen molar-refractivity contribution in [3.63, 3.8) is 0 Å². The van der Waals surface area contributed by atoms with E-state index in [9.17, 15) is 14.4 Å². The van der Waals surface area contributed by atoms with Gasteiger partial charge in [0.05, 0.1) is 85.7 Å². The number of anilines is 5. The number of isothiocyanates is 1. The highest BCUT2D eigenvalue weighted by atomic mass is 35.5. The summed E-state index contributed by atoms with van der Waals surface area (Å²) in [5, 5.41) is 8.99. The Labute approximate surface area is 467 Å². The third-order valence-corrected chi connectivity index (χ3v) is 13.6. The summed E-state index contributed by atoms with van der Waals surface area (Å²) < 4.78 is 21.2. The number of pyridine rings is 2. The average Bonchev–Trinajstić information content (AvgIpc) is 3.62. The Morgan fingerprint density at radius 3 is 1.69 bits per heavy atom. The Morgan fingerprint density at radius 2 is 1.19 bits per heavy atom. The van der Waals surface area contributed by atoms with Crippen LogP contribution in [0, 0.1) is 13.8 Å². The number of hydrogen-bond donors (Lipinski definition) is 3. The van der Waals surface area contributed by atoms with Crippen molar-refractivity contribution in [1.82, 2.24) is 15.3 Å². The van der Waals surface area contributed by atoms with Gasteiger partial charge < -0.3 is 54.9 Å². The Bertz CT molecular complexity index is 3310. The van der Waals surface area contributed by atoms with Gasteiger partial charge in [-0.1, -0.05) is 35.3 Å². The molecule has 22 heteroatoms. The highest BCUT2D eigenvalue weighted by molar-refractivity contribution is 7.78. The SMILES string of the molecule is COc1cccc(C2=NC(N)C(=O)N(C)c3ccc(Cl)cc32)n1.COc1cccc(C2=NC(NC(=O)Nc3ccc(N4CCOCC4)cc3C)C(=O)N(C)c3ccc(Cl)cc32)n1.Cc1cc(N2CCOCC2)ccc1N=C=S. The van der Waals surface area contributed by atoms with Gasteiger partial charge in [0.15, 0.2) is 6.17 Å². The number of aliphatic imine (C=N–C) groups is 3. The number of aromatic nitrogens is 2. The van der Waals surface area contributed by atoms with Crippen molar-refractivity contribution in [2.45, 2.75) is 26.2 Å². The van der Waals surface area contributed by atoms with Crippen molar-refractivity contribution in [3.8, 4) is 11.8 Å². The molecule has 0 saturated carbocycles. The maximum absolute atomic E-state index is 13.5. The molecule has 0 aliphatic carbocycles. The molecule has 10 rings (SSSR count). The van der Waals surface area contributed by atoms with Gasteiger partial charge in [0.1, 0.15) is 0 Å². The van der Waals surface area contributed by atoms with Crippen LogP contribution in [0.1, 0.15) is 33.6 Å². The molecular formula is C56H58Cl2N12O7S. The predicted molar refractivity (Wildman–Crippen MR) is 310 cm³/mol. The number of benzene rings is 4. The minimum atomic E-state index is -1.21. The Balaban J connectivity index is 0.000000173. The van der Waals surface area contributed by atoms with E-state index < -0.39 is 24.3 Å². The minimum Gasteiger partial charge on any atom is -0.481 e. The van der Waals surface area contributed by atoms with Crippen molar-refractivity contribution in [1.29, 1.82) is 0 Å². The number of urea groups is 1. The molecule has 4 aliphatic rings. The lowest BCUT2D eigenvalue weighted by molar-refractivity contribution is -0.120. The zero-order chi connectivity index (χ0) is 55.5. The van der Waals surface area contributed by atoms with E-state index in [1.165, 1.54) is 29.7 Å². The number of carbonyl (C=O) groups excluding carboxylic acids is 3. The second-order valence-corrected chi connectivity index (χ2v) is 19.1. The average molecular weight is 1110 g/mol. The molecule has 6 aromatic rings. The number of benzodiazepines with no additional fused rings is 2. The third kappa shape index (κ3) is 13.5. The van der Waals surface area contributed by atoms with Crippen molar-refractivity contribution >= 4 is 104 Å². The number of rotatable bonds is 9. The molecule has 0 spiro atoms. The fourth-order valence-corrected chi connectivity index (χ4v) is 9.30. The summed E-state index contributed by atoms with van der Waals surface area (Å²) in [5.41, 5.74) is 16.3. The van der Waals surface area contributed by atoms with Gasteiger partial charge in [0, 0.05) is 90.6 Å². The van der Waals surface area contributed by atoms with Crippen LogP contribution in [0.5, 0.6) is 11.8 Å². The van der Waals surface area contributed by atoms with E-state index in [0.717, 1.165) is 61.9 Å². The smallest absolute Gasteiger partial charge is 0.321 e. The first-order valence-corrected chi connectivity index (χ1v) is 25.9. The Hall–Kier alpha value is -7.81. The summed E-state index contributed by atoms with van der Waals surface area (Å²) >= 11 is 17.1. The van der Waals surface area contributed by atoms with E-state index in [1.54, 1.807) is 86.9 Å². The maximum atomic E-state index is 13.5. The summed E-state index contributed by atoms with van der Waals surface area (Å²) in [6.07, 6.45) is -2.22. The number of amides is 4. The lowest BCUT2D eigenvalue weighted by atomic mass is 10.0. The topological polar surface area (TPSA) is 214 Å². The fraction of sp³-hybridized carbons (Fsp3) is 0.286. The van der Waals surface area contributed by atoms with E-state index in [0.29, 0.717) is 86.0 Å². The molecule has 2 aromatic heterocycles. The van der Waals surface area contributed by atoms with Gasteiger partial charge in [0.2, 0.25) is 17.9 Å². The van der Waals surface area contributed by atoms with Crippen molar-refractivity contribution in [2.75, 3.05) is 106 Å². The molecule has 0 bridgehead atoms. The monoisotopic (exact) mass is 1110 g/mol. The molecule has 78 heavy (non-hydrogen) atoms. The van der Waals surface area contributed by atoms with Crippen LogP contribution in [0.2, 0.25) is 10.0 Å². The fourth-order valence-electron chi connectivity index (χ4n) is 8.86. The summed E-state index contributed by atoms with van der Waals surface area (Å²) in [7, 11) is 6.35. The Kier molecular flexibility index (Phi) is 18.8. The highest BCUT2D eigenvalue weighted by Gasteiger charge is 2.33. The lowest BCUT2D eigenvalue weighted by Crippen LogP contribution is -2.47. The number of morpholine rings is 2. The van der Waals surface area contributed by atoms with Crippen LogP contribution < -0.4 is 45.4 Å².